The second-order valence-corrected chi connectivity index (χ2v) is 7.15. The van der Waals surface area contributed by atoms with Crippen molar-refractivity contribution in [3.05, 3.63) is 66.2 Å². The van der Waals surface area contributed by atoms with Crippen LogP contribution in [0.2, 0.25) is 0 Å². The molecule has 0 bridgehead atoms. The van der Waals surface area contributed by atoms with Gasteiger partial charge in [-0.25, -0.2) is 4.79 Å². The van der Waals surface area contributed by atoms with Gasteiger partial charge in [-0.2, -0.15) is 0 Å². The Hall–Kier alpha value is -2.51. The second-order valence-electron chi connectivity index (χ2n) is 5.58. The minimum absolute atomic E-state index is 0.0494. The van der Waals surface area contributed by atoms with E-state index in [2.05, 4.69) is 5.32 Å². The van der Waals surface area contributed by atoms with Gasteiger partial charge in [0.1, 0.15) is 6.04 Å². The van der Waals surface area contributed by atoms with E-state index in [4.69, 9.17) is 4.74 Å². The van der Waals surface area contributed by atoms with Crippen LogP contribution in [0.4, 0.5) is 0 Å². The average Bonchev–Trinajstić information content (AvgIpc) is 2.66. The van der Waals surface area contributed by atoms with Gasteiger partial charge in [-0.15, -0.1) is 0 Å². The smallest absolute Gasteiger partial charge is 0.326 e. The summed E-state index contributed by atoms with van der Waals surface area (Å²) in [5.41, 5.74) is 0.629. The topological polar surface area (TPSA) is 92.7 Å². The van der Waals surface area contributed by atoms with Crippen molar-refractivity contribution < 1.29 is 23.6 Å². The normalized spacial score (nSPS) is 14.2. The number of methoxy groups -OCH3 is 1. The third kappa shape index (κ3) is 5.50. The molecule has 2 N–H and O–H groups in total. The molecule has 2 aromatic carbocycles. The molecule has 138 valence electrons. The van der Waals surface area contributed by atoms with Crippen LogP contribution in [-0.4, -0.2) is 40.1 Å². The standard InChI is InChI=1S/C19H21NO5S/c1-25-17(14-8-4-2-5-9-14)18(21)20-16(19(22)23)12-13-26(24)15-10-6-3-7-11-15/h2-11,16-17H,12-13H2,1H3,(H,20,21)(H,22,23)/t16-,17+,26-/m1/s1. The number of carbonyl (C=O) groups excluding carboxylic acids is 1. The van der Waals surface area contributed by atoms with Gasteiger partial charge in [0.05, 0.1) is 10.8 Å². The van der Waals surface area contributed by atoms with Crippen molar-refractivity contribution in [3.8, 4) is 0 Å². The Morgan fingerprint density at radius 1 is 1.08 bits per heavy atom. The maximum absolute atomic E-state index is 12.4. The number of hydrogen-bond acceptors (Lipinski definition) is 4. The van der Waals surface area contributed by atoms with E-state index >= 15 is 0 Å². The monoisotopic (exact) mass is 375 g/mol. The maximum Gasteiger partial charge on any atom is 0.326 e. The quantitative estimate of drug-likeness (QED) is 0.700. The fraction of sp³-hybridized carbons (Fsp3) is 0.263. The molecule has 6 nitrogen and oxygen atoms in total. The molecule has 3 atom stereocenters. The number of ether oxygens (including phenoxy) is 1. The molecule has 1 amide bonds. The van der Waals surface area contributed by atoms with Crippen LogP contribution in [0.3, 0.4) is 0 Å². The minimum Gasteiger partial charge on any atom is -0.480 e. The highest BCUT2D eigenvalue weighted by Crippen LogP contribution is 2.17. The molecule has 7 heteroatoms. The van der Waals surface area contributed by atoms with Crippen molar-refractivity contribution in [1.29, 1.82) is 0 Å². The van der Waals surface area contributed by atoms with Crippen molar-refractivity contribution in [2.75, 3.05) is 12.9 Å². The highest BCUT2D eigenvalue weighted by molar-refractivity contribution is 7.85. The Morgan fingerprint density at radius 2 is 1.65 bits per heavy atom. The van der Waals surface area contributed by atoms with E-state index in [1.165, 1.54) is 7.11 Å². The average molecular weight is 375 g/mol. The van der Waals surface area contributed by atoms with Gasteiger partial charge in [-0.05, 0) is 24.1 Å². The van der Waals surface area contributed by atoms with E-state index in [0.717, 1.165) is 0 Å². The molecule has 0 saturated heterocycles. The summed E-state index contributed by atoms with van der Waals surface area (Å²) in [5.74, 6) is -1.59. The summed E-state index contributed by atoms with van der Waals surface area (Å²) in [6.07, 6.45) is -0.856. The molecule has 0 spiro atoms. The van der Waals surface area contributed by atoms with Crippen molar-refractivity contribution in [1.82, 2.24) is 5.32 Å². The summed E-state index contributed by atoms with van der Waals surface area (Å²) in [7, 11) is 0.0567. The minimum atomic E-state index is -1.33. The van der Waals surface area contributed by atoms with E-state index in [1.54, 1.807) is 48.5 Å². The van der Waals surface area contributed by atoms with Crippen LogP contribution in [0.1, 0.15) is 18.1 Å². The van der Waals surface area contributed by atoms with Gasteiger partial charge < -0.3 is 15.2 Å². The Bertz CT molecular complexity index is 751. The predicted molar refractivity (Wildman–Crippen MR) is 98.1 cm³/mol. The molecule has 0 aromatic heterocycles. The number of benzene rings is 2. The van der Waals surface area contributed by atoms with Gasteiger partial charge >= 0.3 is 5.97 Å². The number of hydrogen-bond donors (Lipinski definition) is 2. The molecule has 2 rings (SSSR count). The Morgan fingerprint density at radius 3 is 2.19 bits per heavy atom. The summed E-state index contributed by atoms with van der Waals surface area (Å²) in [6.45, 7) is 0. The third-order valence-electron chi connectivity index (χ3n) is 3.79. The summed E-state index contributed by atoms with van der Waals surface area (Å²) < 4.78 is 17.5. The van der Waals surface area contributed by atoms with Crippen LogP contribution in [0, 0.1) is 0 Å². The highest BCUT2D eigenvalue weighted by atomic mass is 32.2. The molecule has 0 radical (unpaired) electrons. The Kier molecular flexibility index (Phi) is 7.50. The van der Waals surface area contributed by atoms with E-state index in [9.17, 15) is 18.9 Å². The third-order valence-corrected chi connectivity index (χ3v) is 5.19. The van der Waals surface area contributed by atoms with Crippen molar-refractivity contribution in [2.45, 2.75) is 23.5 Å². The lowest BCUT2D eigenvalue weighted by Crippen LogP contribution is -2.44. The van der Waals surface area contributed by atoms with E-state index in [0.29, 0.717) is 10.5 Å². The molecule has 0 fully saturated rings. The number of carbonyl (C=O) groups is 2. The van der Waals surface area contributed by atoms with Gasteiger partial charge in [0.15, 0.2) is 6.10 Å². The lowest BCUT2D eigenvalue weighted by Gasteiger charge is -2.19. The zero-order chi connectivity index (χ0) is 18.9. The first-order valence-corrected chi connectivity index (χ1v) is 9.39. The van der Waals surface area contributed by atoms with Gasteiger partial charge in [-0.1, -0.05) is 48.5 Å². The van der Waals surface area contributed by atoms with Crippen molar-refractivity contribution >= 4 is 22.7 Å². The predicted octanol–water partition coefficient (Wildman–Crippen LogP) is 2.14. The SMILES string of the molecule is CO[C@H](C(=O)N[C@H](CC[S@@](=O)c1ccccc1)C(=O)O)c1ccccc1. The largest absolute Gasteiger partial charge is 0.480 e. The first-order valence-electron chi connectivity index (χ1n) is 8.07. The number of rotatable bonds is 9. The number of aliphatic carboxylic acids is 1. The van der Waals surface area contributed by atoms with Crippen LogP contribution < -0.4 is 5.32 Å². The summed E-state index contributed by atoms with van der Waals surface area (Å²) in [5, 5.41) is 11.9. The van der Waals surface area contributed by atoms with Crippen LogP contribution >= 0.6 is 0 Å². The lowest BCUT2D eigenvalue weighted by atomic mass is 10.1. The van der Waals surface area contributed by atoms with Crippen LogP contribution in [0.15, 0.2) is 65.6 Å². The number of nitrogens with one attached hydrogen (secondary N) is 1. The number of amides is 1. The molecule has 26 heavy (non-hydrogen) atoms. The molecule has 0 unspecified atom stereocenters. The van der Waals surface area contributed by atoms with Gasteiger partial charge in [0.2, 0.25) is 0 Å². The van der Waals surface area contributed by atoms with E-state index in [1.807, 2.05) is 12.1 Å². The Labute approximate surface area is 154 Å². The summed E-state index contributed by atoms with van der Waals surface area (Å²) in [4.78, 5) is 24.5. The fourth-order valence-corrected chi connectivity index (χ4v) is 3.59. The van der Waals surface area contributed by atoms with E-state index < -0.39 is 34.8 Å². The zero-order valence-corrected chi connectivity index (χ0v) is 15.1. The van der Waals surface area contributed by atoms with Crippen molar-refractivity contribution in [3.63, 3.8) is 0 Å². The zero-order valence-electron chi connectivity index (χ0n) is 14.3. The van der Waals surface area contributed by atoms with Crippen LogP contribution in [0.5, 0.6) is 0 Å². The van der Waals surface area contributed by atoms with Crippen LogP contribution in [-0.2, 0) is 25.1 Å². The second kappa shape index (κ2) is 9.84. The molecule has 0 aliphatic rings. The Balaban J connectivity index is 2.00. The molecular formula is C19H21NO5S. The van der Waals surface area contributed by atoms with Crippen molar-refractivity contribution in [2.24, 2.45) is 0 Å². The molecular weight excluding hydrogens is 354 g/mol. The van der Waals surface area contributed by atoms with Gasteiger partial charge in [0, 0.05) is 17.8 Å². The van der Waals surface area contributed by atoms with Gasteiger partial charge in [0.25, 0.3) is 5.91 Å². The van der Waals surface area contributed by atoms with Crippen LogP contribution in [0.25, 0.3) is 0 Å². The number of carboxylic acids is 1. The highest BCUT2D eigenvalue weighted by Gasteiger charge is 2.26. The molecule has 0 heterocycles. The molecule has 0 saturated carbocycles. The first-order chi connectivity index (χ1) is 12.5. The molecule has 0 aliphatic carbocycles. The van der Waals surface area contributed by atoms with Gasteiger partial charge in [-0.3, -0.25) is 9.00 Å². The maximum atomic E-state index is 12.4. The lowest BCUT2D eigenvalue weighted by molar-refractivity contribution is -0.144. The molecule has 2 aromatic rings. The van der Waals surface area contributed by atoms with E-state index in [-0.39, 0.29) is 12.2 Å². The summed E-state index contributed by atoms with van der Waals surface area (Å²) in [6, 6.07) is 16.5. The number of carboxylic acid groups (broad SMARTS) is 1. The molecule has 0 aliphatic heterocycles. The fourth-order valence-electron chi connectivity index (χ4n) is 2.44. The first kappa shape index (κ1) is 19.8. The summed E-state index contributed by atoms with van der Waals surface area (Å²) >= 11 is 0.